The molecule has 2 aromatic rings. The Morgan fingerprint density at radius 2 is 2.00 bits per heavy atom. The Kier molecular flexibility index (Phi) is 5.82. The monoisotopic (exact) mass is 391 g/mol. The molecule has 142 valence electrons. The van der Waals surface area contributed by atoms with E-state index in [0.717, 1.165) is 25.2 Å². The molecule has 9 nitrogen and oxygen atoms in total. The third-order valence-electron chi connectivity index (χ3n) is 4.33. The van der Waals surface area contributed by atoms with Gasteiger partial charge in [0.1, 0.15) is 5.15 Å². The van der Waals surface area contributed by atoms with E-state index in [-0.39, 0.29) is 17.1 Å². The molecule has 1 aliphatic rings. The second-order valence-corrected chi connectivity index (χ2v) is 6.46. The summed E-state index contributed by atoms with van der Waals surface area (Å²) in [6.45, 7) is 3.36. The van der Waals surface area contributed by atoms with Crippen LogP contribution in [0, 0.1) is 10.1 Å². The summed E-state index contributed by atoms with van der Waals surface area (Å²) >= 11 is 5.80. The number of ether oxygens (including phenoxy) is 1. The summed E-state index contributed by atoms with van der Waals surface area (Å²) < 4.78 is 4.60. The molecule has 0 aromatic carbocycles. The molecule has 2 aromatic heterocycles. The highest BCUT2D eigenvalue weighted by Crippen LogP contribution is 2.28. The van der Waals surface area contributed by atoms with Crippen LogP contribution in [-0.4, -0.2) is 59.0 Å². The van der Waals surface area contributed by atoms with Crippen LogP contribution in [0.5, 0.6) is 0 Å². The molecule has 3 rings (SSSR count). The molecule has 0 saturated carbocycles. The maximum atomic E-state index is 11.6. The number of anilines is 1. The van der Waals surface area contributed by atoms with E-state index in [2.05, 4.69) is 19.6 Å². The molecule has 1 saturated heterocycles. The van der Waals surface area contributed by atoms with E-state index in [4.69, 9.17) is 11.6 Å². The molecule has 1 fully saturated rings. The lowest BCUT2D eigenvalue weighted by Gasteiger charge is -2.35. The van der Waals surface area contributed by atoms with Crippen LogP contribution in [-0.2, 0) is 11.3 Å². The first kappa shape index (κ1) is 19.0. The number of esters is 1. The fourth-order valence-corrected chi connectivity index (χ4v) is 3.04. The van der Waals surface area contributed by atoms with Crippen molar-refractivity contribution in [2.75, 3.05) is 38.2 Å². The lowest BCUT2D eigenvalue weighted by molar-refractivity contribution is -0.384. The molecule has 10 heteroatoms. The number of carbonyl (C=O) groups is 1. The standard InChI is InChI=1S/C17H18ClN5O4/c1-27-17(24)13-8-14(23(25)26)16(20-10-13)22-6-4-21(5-7-22)11-12-2-3-15(18)19-9-12/h2-3,8-10H,4-7,11H2,1H3. The fourth-order valence-electron chi connectivity index (χ4n) is 2.93. The van der Waals surface area contributed by atoms with Gasteiger partial charge in [-0.2, -0.15) is 0 Å². The van der Waals surface area contributed by atoms with Crippen LogP contribution in [0.3, 0.4) is 0 Å². The van der Waals surface area contributed by atoms with Crippen LogP contribution in [0.4, 0.5) is 11.5 Å². The molecule has 0 spiro atoms. The topological polar surface area (TPSA) is 102 Å². The third kappa shape index (κ3) is 4.50. The zero-order valence-corrected chi connectivity index (χ0v) is 15.4. The minimum absolute atomic E-state index is 0.0572. The Hall–Kier alpha value is -2.78. The van der Waals surface area contributed by atoms with Gasteiger partial charge in [-0.1, -0.05) is 17.7 Å². The number of hydrogen-bond acceptors (Lipinski definition) is 8. The van der Waals surface area contributed by atoms with Gasteiger partial charge >= 0.3 is 11.7 Å². The average molecular weight is 392 g/mol. The molecule has 0 bridgehead atoms. The number of piperazine rings is 1. The molecule has 3 heterocycles. The van der Waals surface area contributed by atoms with Gasteiger partial charge in [-0.25, -0.2) is 14.8 Å². The predicted molar refractivity (Wildman–Crippen MR) is 99.0 cm³/mol. The highest BCUT2D eigenvalue weighted by molar-refractivity contribution is 6.29. The first-order valence-corrected chi connectivity index (χ1v) is 8.66. The molecular weight excluding hydrogens is 374 g/mol. The van der Waals surface area contributed by atoms with Crippen LogP contribution >= 0.6 is 11.6 Å². The molecule has 27 heavy (non-hydrogen) atoms. The molecular formula is C17H18ClN5O4. The average Bonchev–Trinajstić information content (AvgIpc) is 2.69. The normalized spacial score (nSPS) is 14.8. The smallest absolute Gasteiger partial charge is 0.339 e. The first-order valence-electron chi connectivity index (χ1n) is 8.28. The molecule has 0 N–H and O–H groups in total. The first-order chi connectivity index (χ1) is 13.0. The number of nitrogens with zero attached hydrogens (tertiary/aromatic N) is 5. The lowest BCUT2D eigenvalue weighted by Crippen LogP contribution is -2.46. The minimum atomic E-state index is -0.654. The van der Waals surface area contributed by atoms with E-state index in [1.165, 1.54) is 19.4 Å². The highest BCUT2D eigenvalue weighted by Gasteiger charge is 2.26. The summed E-state index contributed by atoms with van der Waals surface area (Å²) in [6, 6.07) is 4.89. The van der Waals surface area contributed by atoms with E-state index >= 15 is 0 Å². The summed E-state index contributed by atoms with van der Waals surface area (Å²) in [6.07, 6.45) is 3.05. The number of nitro groups is 1. The van der Waals surface area contributed by atoms with Crippen LogP contribution < -0.4 is 4.90 Å². The third-order valence-corrected chi connectivity index (χ3v) is 4.56. The van der Waals surface area contributed by atoms with E-state index in [9.17, 15) is 14.9 Å². The second-order valence-electron chi connectivity index (χ2n) is 6.07. The highest BCUT2D eigenvalue weighted by atomic mass is 35.5. The zero-order valence-electron chi connectivity index (χ0n) is 14.7. The lowest BCUT2D eigenvalue weighted by atomic mass is 10.2. The van der Waals surface area contributed by atoms with Crippen molar-refractivity contribution >= 4 is 29.1 Å². The Labute approximate surface area is 160 Å². The second kappa shape index (κ2) is 8.28. The maximum Gasteiger partial charge on any atom is 0.339 e. The summed E-state index contributed by atoms with van der Waals surface area (Å²) in [5, 5.41) is 11.9. The van der Waals surface area contributed by atoms with Crippen LogP contribution in [0.1, 0.15) is 15.9 Å². The van der Waals surface area contributed by atoms with Crippen molar-refractivity contribution < 1.29 is 14.5 Å². The van der Waals surface area contributed by atoms with Gasteiger partial charge in [0.2, 0.25) is 5.82 Å². The van der Waals surface area contributed by atoms with Gasteiger partial charge in [0.15, 0.2) is 0 Å². The van der Waals surface area contributed by atoms with E-state index in [1.54, 1.807) is 12.3 Å². The molecule has 1 aliphatic heterocycles. The number of pyridine rings is 2. The number of hydrogen-bond donors (Lipinski definition) is 0. The number of halogens is 1. The number of carbonyl (C=O) groups excluding carboxylic acids is 1. The van der Waals surface area contributed by atoms with Crippen molar-refractivity contribution in [3.05, 3.63) is 57.0 Å². The largest absolute Gasteiger partial charge is 0.465 e. The fraction of sp³-hybridized carbons (Fsp3) is 0.353. The Morgan fingerprint density at radius 3 is 2.59 bits per heavy atom. The van der Waals surface area contributed by atoms with E-state index in [1.807, 2.05) is 11.0 Å². The zero-order chi connectivity index (χ0) is 19.4. The minimum Gasteiger partial charge on any atom is -0.465 e. The SMILES string of the molecule is COC(=O)c1cnc(N2CCN(Cc3ccc(Cl)nc3)CC2)c([N+](=O)[O-])c1. The summed E-state index contributed by atoms with van der Waals surface area (Å²) in [4.78, 5) is 34.8. The van der Waals surface area contributed by atoms with Crippen LogP contribution in [0.2, 0.25) is 5.15 Å². The van der Waals surface area contributed by atoms with E-state index in [0.29, 0.717) is 18.2 Å². The van der Waals surface area contributed by atoms with Gasteiger partial charge < -0.3 is 9.64 Å². The van der Waals surface area contributed by atoms with Crippen molar-refractivity contribution in [1.29, 1.82) is 0 Å². The molecule has 0 unspecified atom stereocenters. The molecule has 0 aliphatic carbocycles. The van der Waals surface area contributed by atoms with Gasteiger partial charge in [0, 0.05) is 51.2 Å². The van der Waals surface area contributed by atoms with Crippen LogP contribution in [0.15, 0.2) is 30.6 Å². The number of rotatable bonds is 5. The molecule has 0 radical (unpaired) electrons. The van der Waals surface area contributed by atoms with Crippen molar-refractivity contribution in [3.63, 3.8) is 0 Å². The number of aromatic nitrogens is 2. The Balaban J connectivity index is 1.69. The van der Waals surface area contributed by atoms with E-state index < -0.39 is 10.9 Å². The summed E-state index contributed by atoms with van der Waals surface area (Å²) in [5.41, 5.74) is 0.912. The molecule has 0 amide bonds. The van der Waals surface area contributed by atoms with Gasteiger partial charge in [-0.3, -0.25) is 15.0 Å². The van der Waals surface area contributed by atoms with Crippen molar-refractivity contribution in [3.8, 4) is 0 Å². The Bertz CT molecular complexity index is 838. The van der Waals surface area contributed by atoms with Gasteiger partial charge in [-0.15, -0.1) is 0 Å². The molecule has 0 atom stereocenters. The summed E-state index contributed by atoms with van der Waals surface area (Å²) in [5.74, 6) is -0.390. The van der Waals surface area contributed by atoms with Gasteiger partial charge in [0.05, 0.1) is 17.6 Å². The number of methoxy groups -OCH3 is 1. The van der Waals surface area contributed by atoms with Gasteiger partial charge in [0.25, 0.3) is 0 Å². The van der Waals surface area contributed by atoms with Crippen molar-refractivity contribution in [2.24, 2.45) is 0 Å². The van der Waals surface area contributed by atoms with Crippen molar-refractivity contribution in [1.82, 2.24) is 14.9 Å². The van der Waals surface area contributed by atoms with Crippen molar-refractivity contribution in [2.45, 2.75) is 6.54 Å². The maximum absolute atomic E-state index is 11.6. The Morgan fingerprint density at radius 1 is 1.26 bits per heavy atom. The summed E-state index contributed by atoms with van der Waals surface area (Å²) in [7, 11) is 1.22. The van der Waals surface area contributed by atoms with Crippen LogP contribution in [0.25, 0.3) is 0 Å². The predicted octanol–water partition coefficient (Wildman–Crippen LogP) is 2.15. The van der Waals surface area contributed by atoms with Gasteiger partial charge in [-0.05, 0) is 11.6 Å². The quantitative estimate of drug-likeness (QED) is 0.330.